The lowest BCUT2D eigenvalue weighted by Crippen LogP contribution is -2.26. The van der Waals surface area contributed by atoms with Crippen molar-refractivity contribution in [3.8, 4) is 6.07 Å². The number of amides is 1. The van der Waals surface area contributed by atoms with Crippen molar-refractivity contribution >= 4 is 17.5 Å². The van der Waals surface area contributed by atoms with E-state index >= 15 is 0 Å². The molecule has 1 aliphatic rings. The molecule has 0 aromatic carbocycles. The molecule has 0 atom stereocenters. The van der Waals surface area contributed by atoms with Gasteiger partial charge in [-0.1, -0.05) is 29.7 Å². The van der Waals surface area contributed by atoms with Crippen molar-refractivity contribution in [2.24, 2.45) is 0 Å². The van der Waals surface area contributed by atoms with E-state index < -0.39 is 0 Å². The van der Waals surface area contributed by atoms with Gasteiger partial charge in [-0.2, -0.15) is 5.26 Å². The average molecular weight is 304 g/mol. The van der Waals surface area contributed by atoms with Gasteiger partial charge in [-0.05, 0) is 38.2 Å². The van der Waals surface area contributed by atoms with Crippen LogP contribution in [0.25, 0.3) is 0 Å². The second-order valence-electron chi connectivity index (χ2n) is 5.13. The number of nitrogens with zero attached hydrogens (tertiary/aromatic N) is 2. The molecule has 0 bridgehead atoms. The molecule has 0 aliphatic heterocycles. The molecule has 0 saturated heterocycles. The average Bonchev–Trinajstić information content (AvgIpc) is 2.75. The number of carbonyl (C=O) groups excluding carboxylic acids is 1. The fourth-order valence-corrected chi connectivity index (χ4v) is 2.65. The van der Waals surface area contributed by atoms with E-state index in [1.807, 2.05) is 6.07 Å². The van der Waals surface area contributed by atoms with E-state index in [4.69, 9.17) is 16.9 Å². The predicted molar refractivity (Wildman–Crippen MR) is 82.1 cm³/mol. The van der Waals surface area contributed by atoms with Crippen LogP contribution in [0, 0.1) is 11.3 Å². The third-order valence-electron chi connectivity index (χ3n) is 3.55. The van der Waals surface area contributed by atoms with Crippen molar-refractivity contribution in [3.05, 3.63) is 40.2 Å². The molecule has 0 radical (unpaired) electrons. The second kappa shape index (κ2) is 7.80. The van der Waals surface area contributed by atoms with Crippen molar-refractivity contribution in [1.82, 2.24) is 10.3 Å². The molecule has 4 nitrogen and oxygen atoms in total. The Kier molecular flexibility index (Phi) is 5.77. The lowest BCUT2D eigenvalue weighted by atomic mass is 10.1. The maximum absolute atomic E-state index is 12.0. The van der Waals surface area contributed by atoms with Crippen LogP contribution in [0.5, 0.6) is 0 Å². The summed E-state index contributed by atoms with van der Waals surface area (Å²) in [6, 6.07) is 3.40. The normalized spacial score (nSPS) is 14.8. The molecule has 1 aromatic rings. The third kappa shape index (κ3) is 4.57. The van der Waals surface area contributed by atoms with Crippen molar-refractivity contribution in [3.63, 3.8) is 0 Å². The smallest absolute Gasteiger partial charge is 0.271 e. The van der Waals surface area contributed by atoms with Gasteiger partial charge in [0.05, 0.1) is 10.6 Å². The minimum atomic E-state index is -0.293. The van der Waals surface area contributed by atoms with E-state index in [0.29, 0.717) is 12.1 Å². The monoisotopic (exact) mass is 303 g/mol. The van der Waals surface area contributed by atoms with Gasteiger partial charge in [0.15, 0.2) is 0 Å². The summed E-state index contributed by atoms with van der Waals surface area (Å²) in [4.78, 5) is 16.0. The quantitative estimate of drug-likeness (QED) is 0.864. The predicted octanol–water partition coefficient (Wildman–Crippen LogP) is 3.62. The Morgan fingerprint density at radius 3 is 3.05 bits per heavy atom. The number of carbonyl (C=O) groups is 1. The Morgan fingerprint density at radius 2 is 2.29 bits per heavy atom. The van der Waals surface area contributed by atoms with E-state index in [-0.39, 0.29) is 16.6 Å². The van der Waals surface area contributed by atoms with Crippen LogP contribution < -0.4 is 5.32 Å². The number of allylic oxidation sites excluding steroid dienone is 1. The molecular formula is C16H18ClN3O. The highest BCUT2D eigenvalue weighted by atomic mass is 35.5. The molecule has 1 aliphatic carbocycles. The number of rotatable bonds is 4. The van der Waals surface area contributed by atoms with Crippen LogP contribution in [0.1, 0.15) is 54.6 Å². The number of aromatic nitrogens is 1. The zero-order valence-corrected chi connectivity index (χ0v) is 12.6. The number of nitriles is 1. The highest BCUT2D eigenvalue weighted by molar-refractivity contribution is 6.33. The SMILES string of the molecule is N#Cc1cnc(C(=O)NCCC2=CCCCCC2)c(Cl)c1. The van der Waals surface area contributed by atoms with Crippen LogP contribution in [-0.4, -0.2) is 17.4 Å². The molecule has 1 amide bonds. The van der Waals surface area contributed by atoms with Crippen molar-refractivity contribution in [2.45, 2.75) is 38.5 Å². The molecule has 1 aromatic heterocycles. The molecular weight excluding hydrogens is 286 g/mol. The third-order valence-corrected chi connectivity index (χ3v) is 3.84. The zero-order chi connectivity index (χ0) is 15.1. The van der Waals surface area contributed by atoms with Gasteiger partial charge in [-0.15, -0.1) is 0 Å². The van der Waals surface area contributed by atoms with E-state index in [2.05, 4.69) is 16.4 Å². The van der Waals surface area contributed by atoms with Crippen LogP contribution in [-0.2, 0) is 0 Å². The fraction of sp³-hybridized carbons (Fsp3) is 0.438. The number of halogens is 1. The van der Waals surface area contributed by atoms with Gasteiger partial charge >= 0.3 is 0 Å². The van der Waals surface area contributed by atoms with E-state index in [9.17, 15) is 4.79 Å². The van der Waals surface area contributed by atoms with Gasteiger partial charge < -0.3 is 5.32 Å². The minimum Gasteiger partial charge on any atom is -0.350 e. The van der Waals surface area contributed by atoms with E-state index in [1.165, 1.54) is 37.1 Å². The van der Waals surface area contributed by atoms with Crippen LogP contribution in [0.2, 0.25) is 5.02 Å². The largest absolute Gasteiger partial charge is 0.350 e. The topological polar surface area (TPSA) is 65.8 Å². The Balaban J connectivity index is 1.87. The van der Waals surface area contributed by atoms with Gasteiger partial charge in [-0.25, -0.2) is 4.98 Å². The molecule has 21 heavy (non-hydrogen) atoms. The Morgan fingerprint density at radius 1 is 1.43 bits per heavy atom. The summed E-state index contributed by atoms with van der Waals surface area (Å²) in [6.07, 6.45) is 10.6. The lowest BCUT2D eigenvalue weighted by molar-refractivity contribution is 0.0949. The number of hydrogen-bond donors (Lipinski definition) is 1. The highest BCUT2D eigenvalue weighted by Crippen LogP contribution is 2.19. The van der Waals surface area contributed by atoms with Gasteiger partial charge in [-0.3, -0.25) is 4.79 Å². The van der Waals surface area contributed by atoms with Gasteiger partial charge in [0.1, 0.15) is 11.8 Å². The molecule has 0 fully saturated rings. The highest BCUT2D eigenvalue weighted by Gasteiger charge is 2.12. The second-order valence-corrected chi connectivity index (χ2v) is 5.54. The summed E-state index contributed by atoms with van der Waals surface area (Å²) >= 11 is 5.97. The Bertz CT molecular complexity index is 590. The summed E-state index contributed by atoms with van der Waals surface area (Å²) in [6.45, 7) is 0.586. The van der Waals surface area contributed by atoms with Crippen molar-refractivity contribution < 1.29 is 4.79 Å². The number of pyridine rings is 1. The molecule has 2 rings (SSSR count). The summed E-state index contributed by atoms with van der Waals surface area (Å²) in [5.41, 5.74) is 1.94. The first-order valence-electron chi connectivity index (χ1n) is 7.22. The maximum atomic E-state index is 12.0. The summed E-state index contributed by atoms with van der Waals surface area (Å²) < 4.78 is 0. The first-order valence-corrected chi connectivity index (χ1v) is 7.60. The van der Waals surface area contributed by atoms with Gasteiger partial charge in [0.25, 0.3) is 5.91 Å². The molecule has 1 N–H and O–H groups in total. The summed E-state index contributed by atoms with van der Waals surface area (Å²) in [7, 11) is 0. The van der Waals surface area contributed by atoms with Crippen LogP contribution >= 0.6 is 11.6 Å². The van der Waals surface area contributed by atoms with Crippen molar-refractivity contribution in [2.75, 3.05) is 6.54 Å². The number of nitrogens with one attached hydrogen (secondary N) is 1. The van der Waals surface area contributed by atoms with Gasteiger partial charge in [0.2, 0.25) is 0 Å². The van der Waals surface area contributed by atoms with Crippen LogP contribution in [0.4, 0.5) is 0 Å². The first-order chi connectivity index (χ1) is 10.2. The van der Waals surface area contributed by atoms with Crippen LogP contribution in [0.3, 0.4) is 0 Å². The first kappa shape index (κ1) is 15.5. The van der Waals surface area contributed by atoms with Gasteiger partial charge in [0, 0.05) is 12.7 Å². The van der Waals surface area contributed by atoms with Crippen molar-refractivity contribution in [1.29, 1.82) is 5.26 Å². The maximum Gasteiger partial charge on any atom is 0.271 e. The zero-order valence-electron chi connectivity index (χ0n) is 11.9. The molecule has 1 heterocycles. The summed E-state index contributed by atoms with van der Waals surface area (Å²) in [5, 5.41) is 11.8. The Hall–Kier alpha value is -1.86. The summed E-state index contributed by atoms with van der Waals surface area (Å²) in [5.74, 6) is -0.293. The minimum absolute atomic E-state index is 0.172. The molecule has 110 valence electrons. The van der Waals surface area contributed by atoms with Crippen LogP contribution in [0.15, 0.2) is 23.9 Å². The van der Waals surface area contributed by atoms with E-state index in [0.717, 1.165) is 19.3 Å². The molecule has 0 saturated carbocycles. The standard InChI is InChI=1S/C16H18ClN3O/c17-14-9-13(10-18)11-20-15(14)16(21)19-8-7-12-5-3-1-2-4-6-12/h5,9,11H,1-4,6-8H2,(H,19,21). The molecule has 0 unspecified atom stereocenters. The molecule has 5 heteroatoms. The fourth-order valence-electron chi connectivity index (χ4n) is 2.39. The number of hydrogen-bond acceptors (Lipinski definition) is 3. The molecule has 0 spiro atoms. The van der Waals surface area contributed by atoms with E-state index in [1.54, 1.807) is 0 Å². The lowest BCUT2D eigenvalue weighted by Gasteiger charge is -2.08. The Labute approximate surface area is 129 Å².